The molecule has 1 heterocycles. The molecule has 3 nitrogen and oxygen atoms in total. The van der Waals surface area contributed by atoms with Gasteiger partial charge in [-0.1, -0.05) is 0 Å². The Morgan fingerprint density at radius 3 is 2.75 bits per heavy atom. The van der Waals surface area contributed by atoms with Gasteiger partial charge in [-0.2, -0.15) is 0 Å². The summed E-state index contributed by atoms with van der Waals surface area (Å²) in [7, 11) is 0. The van der Waals surface area contributed by atoms with E-state index < -0.39 is 0 Å². The predicted molar refractivity (Wildman–Crippen MR) is 63.3 cm³/mol. The van der Waals surface area contributed by atoms with E-state index in [0.717, 1.165) is 22.4 Å². The molecule has 0 saturated heterocycles. The third kappa shape index (κ3) is 1.61. The van der Waals surface area contributed by atoms with Crippen LogP contribution in [-0.2, 0) is 11.2 Å². The predicted octanol–water partition coefficient (Wildman–Crippen LogP) is 2.22. The largest absolute Gasteiger partial charge is 0.325 e. The van der Waals surface area contributed by atoms with E-state index in [0.29, 0.717) is 12.0 Å². The van der Waals surface area contributed by atoms with E-state index >= 15 is 0 Å². The minimum Gasteiger partial charge on any atom is -0.325 e. The molecule has 0 bridgehead atoms. The number of fused-ring (bicyclic) bond motifs is 1. The first-order chi connectivity index (χ1) is 7.54. The Morgan fingerprint density at radius 2 is 2.12 bits per heavy atom. The smallest absolute Gasteiger partial charge is 0.228 e. The summed E-state index contributed by atoms with van der Waals surface area (Å²) in [4.78, 5) is 22.9. The highest BCUT2D eigenvalue weighted by molar-refractivity contribution is 6.30. The summed E-state index contributed by atoms with van der Waals surface area (Å²) in [5.41, 5.74) is 4.22. The molecule has 2 rings (SSSR count). The van der Waals surface area contributed by atoms with Crippen LogP contribution in [0.25, 0.3) is 0 Å². The number of anilines is 1. The maximum absolute atomic E-state index is 11.6. The Hall–Kier alpha value is -1.35. The molecule has 0 saturated carbocycles. The molecule has 0 atom stereocenters. The van der Waals surface area contributed by atoms with Crippen LogP contribution in [0, 0.1) is 13.8 Å². The number of benzene rings is 1. The number of hydrogen-bond acceptors (Lipinski definition) is 2. The summed E-state index contributed by atoms with van der Waals surface area (Å²) >= 11 is 5.56. The van der Waals surface area contributed by atoms with Gasteiger partial charge in [0.15, 0.2) is 5.78 Å². The summed E-state index contributed by atoms with van der Waals surface area (Å²) in [6.07, 6.45) is 0.346. The lowest BCUT2D eigenvalue weighted by Gasteiger charge is -2.11. The molecule has 0 aliphatic carbocycles. The van der Waals surface area contributed by atoms with Gasteiger partial charge in [0.05, 0.1) is 12.3 Å². The van der Waals surface area contributed by atoms with Gasteiger partial charge in [0.1, 0.15) is 0 Å². The molecule has 0 fully saturated rings. The number of halogens is 1. The van der Waals surface area contributed by atoms with Crippen LogP contribution in [-0.4, -0.2) is 17.6 Å². The molecule has 1 amide bonds. The lowest BCUT2D eigenvalue weighted by Crippen LogP contribution is -2.06. The zero-order chi connectivity index (χ0) is 11.9. The van der Waals surface area contributed by atoms with Crippen LogP contribution in [0.1, 0.15) is 27.0 Å². The third-order valence-corrected chi connectivity index (χ3v) is 3.26. The molecule has 0 spiro atoms. The fraction of sp³-hybridized carbons (Fsp3) is 0.333. The van der Waals surface area contributed by atoms with Gasteiger partial charge >= 0.3 is 0 Å². The summed E-state index contributed by atoms with van der Waals surface area (Å²) in [6, 6.07) is 1.78. The van der Waals surface area contributed by atoms with Crippen molar-refractivity contribution in [1.29, 1.82) is 0 Å². The highest BCUT2D eigenvalue weighted by atomic mass is 35.5. The number of ketones is 1. The molecule has 16 heavy (non-hydrogen) atoms. The molecule has 1 aromatic carbocycles. The summed E-state index contributed by atoms with van der Waals surface area (Å²) < 4.78 is 0. The van der Waals surface area contributed by atoms with Crippen molar-refractivity contribution in [3.05, 3.63) is 28.3 Å². The van der Waals surface area contributed by atoms with E-state index in [2.05, 4.69) is 5.32 Å². The number of amides is 1. The first-order valence-electron chi connectivity index (χ1n) is 5.06. The lowest BCUT2D eigenvalue weighted by atomic mass is 9.95. The maximum atomic E-state index is 11.6. The Morgan fingerprint density at radius 1 is 1.44 bits per heavy atom. The van der Waals surface area contributed by atoms with Crippen LogP contribution in [0.3, 0.4) is 0 Å². The Kier molecular flexibility index (Phi) is 2.72. The molecule has 0 unspecified atom stereocenters. The third-order valence-electron chi connectivity index (χ3n) is 3.02. The van der Waals surface area contributed by atoms with Crippen molar-refractivity contribution in [2.24, 2.45) is 0 Å². The molecule has 1 aliphatic rings. The van der Waals surface area contributed by atoms with Crippen molar-refractivity contribution < 1.29 is 9.59 Å². The van der Waals surface area contributed by atoms with Gasteiger partial charge in [0.25, 0.3) is 0 Å². The average Bonchev–Trinajstić information content (AvgIpc) is 2.63. The molecular weight excluding hydrogens is 226 g/mol. The zero-order valence-corrected chi connectivity index (χ0v) is 9.94. The standard InChI is InChI=1S/C12H12ClNO2/c1-6-7(2)12-8(4-11(16)14-12)3-9(6)10(15)5-13/h3H,4-5H2,1-2H3,(H,14,16). The van der Waals surface area contributed by atoms with Gasteiger partial charge in [-0.25, -0.2) is 0 Å². The minimum absolute atomic E-state index is 0.0204. The molecule has 1 aliphatic heterocycles. The van der Waals surface area contributed by atoms with Gasteiger partial charge in [-0.3, -0.25) is 9.59 Å². The topological polar surface area (TPSA) is 46.2 Å². The fourth-order valence-electron chi connectivity index (χ4n) is 2.02. The highest BCUT2D eigenvalue weighted by Gasteiger charge is 2.23. The molecule has 1 N–H and O–H groups in total. The summed E-state index contributed by atoms with van der Waals surface area (Å²) in [5, 5.41) is 2.81. The van der Waals surface area contributed by atoms with E-state index in [4.69, 9.17) is 11.6 Å². The molecular formula is C12H12ClNO2. The van der Waals surface area contributed by atoms with E-state index in [1.165, 1.54) is 0 Å². The Balaban J connectivity index is 2.60. The summed E-state index contributed by atoms with van der Waals surface area (Å²) in [5.74, 6) is -0.141. The van der Waals surface area contributed by atoms with E-state index in [1.807, 2.05) is 13.8 Å². The van der Waals surface area contributed by atoms with Crippen molar-refractivity contribution in [2.45, 2.75) is 20.3 Å². The number of nitrogens with one attached hydrogen (secondary N) is 1. The number of carbonyl (C=O) groups is 2. The van der Waals surface area contributed by atoms with Gasteiger partial charge in [-0.05, 0) is 36.6 Å². The SMILES string of the molecule is Cc1c(C(=O)CCl)cc2c(c1C)NC(=O)C2. The van der Waals surface area contributed by atoms with Crippen LogP contribution >= 0.6 is 11.6 Å². The van der Waals surface area contributed by atoms with Crippen LogP contribution in [0.2, 0.25) is 0 Å². The minimum atomic E-state index is -0.0931. The Bertz CT molecular complexity index is 494. The number of rotatable bonds is 2. The molecule has 84 valence electrons. The number of carbonyl (C=O) groups excluding carboxylic acids is 2. The van der Waals surface area contributed by atoms with Crippen LogP contribution < -0.4 is 5.32 Å². The molecule has 4 heteroatoms. The second-order valence-electron chi connectivity index (χ2n) is 3.99. The molecule has 0 aromatic heterocycles. The quantitative estimate of drug-likeness (QED) is 0.633. The zero-order valence-electron chi connectivity index (χ0n) is 9.19. The highest BCUT2D eigenvalue weighted by Crippen LogP contribution is 2.31. The van der Waals surface area contributed by atoms with Crippen molar-refractivity contribution in [3.8, 4) is 0 Å². The van der Waals surface area contributed by atoms with Crippen molar-refractivity contribution in [1.82, 2.24) is 0 Å². The van der Waals surface area contributed by atoms with Crippen molar-refractivity contribution in [3.63, 3.8) is 0 Å². The van der Waals surface area contributed by atoms with Crippen LogP contribution in [0.4, 0.5) is 5.69 Å². The second-order valence-corrected chi connectivity index (χ2v) is 4.26. The van der Waals surface area contributed by atoms with Gasteiger partial charge < -0.3 is 5.32 Å². The fourth-order valence-corrected chi connectivity index (χ4v) is 2.16. The van der Waals surface area contributed by atoms with Crippen molar-refractivity contribution in [2.75, 3.05) is 11.2 Å². The van der Waals surface area contributed by atoms with E-state index in [-0.39, 0.29) is 17.6 Å². The van der Waals surface area contributed by atoms with Crippen LogP contribution in [0.5, 0.6) is 0 Å². The maximum Gasteiger partial charge on any atom is 0.228 e. The van der Waals surface area contributed by atoms with Gasteiger partial charge in [-0.15, -0.1) is 11.6 Å². The first kappa shape index (κ1) is 11.1. The normalized spacial score (nSPS) is 13.6. The van der Waals surface area contributed by atoms with Crippen LogP contribution in [0.15, 0.2) is 6.07 Å². The van der Waals surface area contributed by atoms with Crippen molar-refractivity contribution >= 4 is 29.0 Å². The van der Waals surface area contributed by atoms with Gasteiger partial charge in [0, 0.05) is 11.3 Å². The van der Waals surface area contributed by atoms with E-state index in [1.54, 1.807) is 6.07 Å². The van der Waals surface area contributed by atoms with Gasteiger partial charge in [0.2, 0.25) is 5.91 Å². The summed E-state index contributed by atoms with van der Waals surface area (Å²) in [6.45, 7) is 3.78. The second kappa shape index (κ2) is 3.91. The lowest BCUT2D eigenvalue weighted by molar-refractivity contribution is -0.115. The average molecular weight is 238 g/mol. The number of alkyl halides is 1. The number of hydrogen-bond donors (Lipinski definition) is 1. The molecule has 1 aromatic rings. The monoisotopic (exact) mass is 237 g/mol. The first-order valence-corrected chi connectivity index (χ1v) is 5.60. The molecule has 0 radical (unpaired) electrons. The van der Waals surface area contributed by atoms with E-state index in [9.17, 15) is 9.59 Å². The number of Topliss-reactive ketones (excluding diaryl/α,β-unsaturated/α-hetero) is 1. The Labute approximate surface area is 98.8 Å².